The predicted octanol–water partition coefficient (Wildman–Crippen LogP) is 3.71. The van der Waals surface area contributed by atoms with Crippen LogP contribution in [0.4, 0.5) is 0 Å². The van der Waals surface area contributed by atoms with Crippen molar-refractivity contribution in [3.63, 3.8) is 0 Å². The van der Waals surface area contributed by atoms with E-state index >= 15 is 0 Å². The molecule has 0 N–H and O–H groups in total. The first-order chi connectivity index (χ1) is 8.77. The van der Waals surface area contributed by atoms with Crippen LogP contribution in [-0.2, 0) is 4.74 Å². The molecule has 3 heteroatoms. The van der Waals surface area contributed by atoms with Gasteiger partial charge < -0.3 is 4.74 Å². The van der Waals surface area contributed by atoms with Gasteiger partial charge in [-0.3, -0.25) is 0 Å². The van der Waals surface area contributed by atoms with E-state index in [-0.39, 0.29) is 0 Å². The number of unbranched alkanes of at least 4 members (excludes halogenated alkanes) is 3. The highest BCUT2D eigenvalue weighted by Gasteiger charge is 2.14. The maximum atomic E-state index is 11.7. The Hall–Kier alpha value is -1.82. The number of esters is 1. The first-order valence-electron chi connectivity index (χ1n) is 6.43. The quantitative estimate of drug-likeness (QED) is 0.543. The molecule has 0 bridgehead atoms. The number of hydrogen-bond acceptors (Lipinski definition) is 3. The van der Waals surface area contributed by atoms with Crippen LogP contribution >= 0.6 is 0 Å². The summed E-state index contributed by atoms with van der Waals surface area (Å²) in [5, 5.41) is 8.95. The van der Waals surface area contributed by atoms with Gasteiger partial charge in [0.2, 0.25) is 0 Å². The van der Waals surface area contributed by atoms with Gasteiger partial charge in [0.1, 0.15) is 6.07 Å². The van der Waals surface area contributed by atoms with Crippen LogP contribution in [-0.4, -0.2) is 12.1 Å². The lowest BCUT2D eigenvalue weighted by molar-refractivity contribution is 0.0389. The van der Waals surface area contributed by atoms with E-state index in [1.165, 1.54) is 0 Å². The second-order valence-corrected chi connectivity index (χ2v) is 4.24. The Morgan fingerprint density at radius 3 is 2.61 bits per heavy atom. The molecule has 18 heavy (non-hydrogen) atoms. The molecule has 0 aliphatic rings. The van der Waals surface area contributed by atoms with E-state index < -0.39 is 12.1 Å². The molecule has 1 aromatic rings. The Bertz CT molecular complexity index is 395. The minimum atomic E-state index is -0.630. The van der Waals surface area contributed by atoms with Crippen molar-refractivity contribution in [1.29, 1.82) is 5.26 Å². The van der Waals surface area contributed by atoms with E-state index in [1.54, 1.807) is 24.3 Å². The van der Waals surface area contributed by atoms with Crippen molar-refractivity contribution in [3.05, 3.63) is 35.9 Å². The maximum absolute atomic E-state index is 11.7. The first kappa shape index (κ1) is 14.2. The third kappa shape index (κ3) is 5.01. The summed E-state index contributed by atoms with van der Waals surface area (Å²) in [7, 11) is 0. The molecule has 0 saturated heterocycles. The van der Waals surface area contributed by atoms with E-state index in [2.05, 4.69) is 6.92 Å². The minimum Gasteiger partial charge on any atom is -0.443 e. The molecule has 1 aromatic carbocycles. The fourth-order valence-electron chi connectivity index (χ4n) is 1.68. The number of nitrogens with zero attached hydrogens (tertiary/aromatic N) is 1. The summed E-state index contributed by atoms with van der Waals surface area (Å²) in [5.41, 5.74) is 0.492. The number of nitriles is 1. The molecular formula is C15H19NO2. The van der Waals surface area contributed by atoms with Gasteiger partial charge in [-0.2, -0.15) is 5.26 Å². The molecule has 96 valence electrons. The molecule has 0 aliphatic heterocycles. The molecule has 0 aromatic heterocycles. The molecule has 0 fully saturated rings. The minimum absolute atomic E-state index is 0.419. The third-order valence-electron chi connectivity index (χ3n) is 2.72. The zero-order chi connectivity index (χ0) is 13.2. The zero-order valence-corrected chi connectivity index (χ0v) is 10.8. The van der Waals surface area contributed by atoms with Gasteiger partial charge in [-0.05, 0) is 25.0 Å². The molecule has 1 rings (SSSR count). The van der Waals surface area contributed by atoms with Crippen molar-refractivity contribution in [2.24, 2.45) is 0 Å². The van der Waals surface area contributed by atoms with E-state index in [4.69, 9.17) is 10.00 Å². The van der Waals surface area contributed by atoms with E-state index in [0.717, 1.165) is 25.7 Å². The van der Waals surface area contributed by atoms with Crippen LogP contribution in [0, 0.1) is 11.3 Å². The van der Waals surface area contributed by atoms with Gasteiger partial charge in [0, 0.05) is 0 Å². The van der Waals surface area contributed by atoms with Crippen LogP contribution in [0.25, 0.3) is 0 Å². The lowest BCUT2D eigenvalue weighted by Gasteiger charge is -2.10. The van der Waals surface area contributed by atoms with Gasteiger partial charge in [0.25, 0.3) is 0 Å². The molecular weight excluding hydrogens is 226 g/mol. The molecule has 0 saturated carbocycles. The summed E-state index contributed by atoms with van der Waals surface area (Å²) in [6.07, 6.45) is 4.31. The Morgan fingerprint density at radius 2 is 2.00 bits per heavy atom. The zero-order valence-electron chi connectivity index (χ0n) is 10.8. The highest BCUT2D eigenvalue weighted by molar-refractivity contribution is 5.89. The van der Waals surface area contributed by atoms with Crippen LogP contribution < -0.4 is 0 Å². The Labute approximate surface area is 108 Å². The summed E-state index contributed by atoms with van der Waals surface area (Å²) in [5.74, 6) is -0.419. The largest absolute Gasteiger partial charge is 0.443 e. The SMILES string of the molecule is CCCCCC[C@H](C#N)OC(=O)c1ccccc1. The second kappa shape index (κ2) is 8.30. The van der Waals surface area contributed by atoms with Crippen LogP contribution in [0.1, 0.15) is 49.4 Å². The molecule has 0 aliphatic carbocycles. The van der Waals surface area contributed by atoms with Crippen molar-refractivity contribution < 1.29 is 9.53 Å². The van der Waals surface area contributed by atoms with E-state index in [9.17, 15) is 4.79 Å². The van der Waals surface area contributed by atoms with Crippen LogP contribution in [0.5, 0.6) is 0 Å². The highest BCUT2D eigenvalue weighted by Crippen LogP contribution is 2.10. The molecule has 0 amide bonds. The molecule has 0 spiro atoms. The second-order valence-electron chi connectivity index (χ2n) is 4.24. The van der Waals surface area contributed by atoms with E-state index in [0.29, 0.717) is 12.0 Å². The average Bonchev–Trinajstić information content (AvgIpc) is 2.43. The molecule has 0 heterocycles. The van der Waals surface area contributed by atoms with E-state index in [1.807, 2.05) is 12.1 Å². The number of benzene rings is 1. The van der Waals surface area contributed by atoms with Crippen molar-refractivity contribution in [3.8, 4) is 6.07 Å². The smallest absolute Gasteiger partial charge is 0.339 e. The number of hydrogen-bond donors (Lipinski definition) is 0. The monoisotopic (exact) mass is 245 g/mol. The van der Waals surface area contributed by atoms with Gasteiger partial charge in [0.05, 0.1) is 5.56 Å². The lowest BCUT2D eigenvalue weighted by Crippen LogP contribution is -2.16. The molecule has 0 radical (unpaired) electrons. The predicted molar refractivity (Wildman–Crippen MR) is 70.0 cm³/mol. The highest BCUT2D eigenvalue weighted by atomic mass is 16.5. The number of carbonyl (C=O) groups is 1. The third-order valence-corrected chi connectivity index (χ3v) is 2.72. The van der Waals surface area contributed by atoms with Crippen molar-refractivity contribution in [2.45, 2.75) is 45.1 Å². The van der Waals surface area contributed by atoms with Crippen molar-refractivity contribution in [2.75, 3.05) is 0 Å². The number of rotatable bonds is 7. The standard InChI is InChI=1S/C15H19NO2/c1-2-3-4-8-11-14(12-16)18-15(17)13-9-6-5-7-10-13/h5-7,9-10,14H,2-4,8,11H2,1H3/t14-/m1/s1. The summed E-state index contributed by atoms with van der Waals surface area (Å²) >= 11 is 0. The summed E-state index contributed by atoms with van der Waals surface area (Å²) in [6, 6.07) is 10.8. The number of ether oxygens (including phenoxy) is 1. The fourth-order valence-corrected chi connectivity index (χ4v) is 1.68. The molecule has 3 nitrogen and oxygen atoms in total. The summed E-state index contributed by atoms with van der Waals surface area (Å²) < 4.78 is 5.17. The van der Waals surface area contributed by atoms with Gasteiger partial charge in [-0.1, -0.05) is 44.4 Å². The van der Waals surface area contributed by atoms with Gasteiger partial charge in [-0.25, -0.2) is 4.79 Å². The van der Waals surface area contributed by atoms with Gasteiger partial charge in [-0.15, -0.1) is 0 Å². The Kier molecular flexibility index (Phi) is 6.56. The van der Waals surface area contributed by atoms with Crippen molar-refractivity contribution >= 4 is 5.97 Å². The van der Waals surface area contributed by atoms with Crippen LogP contribution in [0.3, 0.4) is 0 Å². The topological polar surface area (TPSA) is 50.1 Å². The fraction of sp³-hybridized carbons (Fsp3) is 0.467. The number of carbonyl (C=O) groups excluding carboxylic acids is 1. The Balaban J connectivity index is 2.39. The molecule has 1 atom stereocenters. The van der Waals surface area contributed by atoms with Crippen LogP contribution in [0.15, 0.2) is 30.3 Å². The maximum Gasteiger partial charge on any atom is 0.339 e. The normalized spacial score (nSPS) is 11.6. The molecule has 0 unspecified atom stereocenters. The summed E-state index contributed by atoms with van der Waals surface area (Å²) in [4.78, 5) is 11.7. The Morgan fingerprint density at radius 1 is 1.28 bits per heavy atom. The first-order valence-corrected chi connectivity index (χ1v) is 6.43. The van der Waals surface area contributed by atoms with Crippen LogP contribution in [0.2, 0.25) is 0 Å². The van der Waals surface area contributed by atoms with Crippen molar-refractivity contribution in [1.82, 2.24) is 0 Å². The van der Waals surface area contributed by atoms with Gasteiger partial charge >= 0.3 is 5.97 Å². The van der Waals surface area contributed by atoms with Gasteiger partial charge in [0.15, 0.2) is 6.10 Å². The average molecular weight is 245 g/mol. The lowest BCUT2D eigenvalue weighted by atomic mass is 10.1. The summed E-state index contributed by atoms with van der Waals surface area (Å²) in [6.45, 7) is 2.14.